The minimum absolute atomic E-state index is 0.210. The van der Waals surface area contributed by atoms with Crippen LogP contribution < -0.4 is 16.4 Å². The number of benzene rings is 2. The topological polar surface area (TPSA) is 84.2 Å². The van der Waals surface area contributed by atoms with Crippen molar-refractivity contribution in [3.05, 3.63) is 65.7 Å². The summed E-state index contributed by atoms with van der Waals surface area (Å²) >= 11 is 0. The Bertz CT molecular complexity index is 641. The molecule has 0 aromatic heterocycles. The summed E-state index contributed by atoms with van der Waals surface area (Å²) in [4.78, 5) is 23.7. The van der Waals surface area contributed by atoms with Gasteiger partial charge in [0.05, 0.1) is 0 Å². The third-order valence-electron chi connectivity index (χ3n) is 3.06. The van der Waals surface area contributed by atoms with E-state index >= 15 is 0 Å². The van der Waals surface area contributed by atoms with Crippen LogP contribution >= 0.6 is 0 Å². The first-order valence-corrected chi connectivity index (χ1v) is 6.55. The maximum Gasteiger partial charge on any atom is 0.251 e. The van der Waals surface area contributed by atoms with Gasteiger partial charge < -0.3 is 16.4 Å². The van der Waals surface area contributed by atoms with Gasteiger partial charge in [-0.05, 0) is 23.8 Å². The van der Waals surface area contributed by atoms with E-state index in [-0.39, 0.29) is 11.8 Å². The molecule has 0 saturated heterocycles. The second-order valence-corrected chi connectivity index (χ2v) is 4.54. The maximum absolute atomic E-state index is 12.1. The first-order valence-electron chi connectivity index (χ1n) is 6.55. The summed E-state index contributed by atoms with van der Waals surface area (Å²) in [7, 11) is 1.55. The van der Waals surface area contributed by atoms with Crippen LogP contribution in [-0.4, -0.2) is 18.9 Å². The molecule has 2 aromatic rings. The molecule has 5 heteroatoms. The third kappa shape index (κ3) is 3.67. The van der Waals surface area contributed by atoms with Gasteiger partial charge in [-0.25, -0.2) is 0 Å². The largest absolute Gasteiger partial charge is 0.355 e. The molecule has 0 aliphatic heterocycles. The van der Waals surface area contributed by atoms with Crippen LogP contribution in [0.3, 0.4) is 0 Å². The molecule has 5 nitrogen and oxygen atoms in total. The summed E-state index contributed by atoms with van der Waals surface area (Å²) in [6.07, 6.45) is 0. The SMILES string of the molecule is CNC(=O)c1cccc(NC(=O)[C@H](N)c2ccccc2)c1. The van der Waals surface area contributed by atoms with Crippen LogP contribution in [0.25, 0.3) is 0 Å². The van der Waals surface area contributed by atoms with Gasteiger partial charge in [0.15, 0.2) is 0 Å². The van der Waals surface area contributed by atoms with Gasteiger partial charge in [0.1, 0.15) is 6.04 Å². The Morgan fingerprint density at radius 2 is 1.76 bits per heavy atom. The monoisotopic (exact) mass is 283 g/mol. The van der Waals surface area contributed by atoms with E-state index < -0.39 is 6.04 Å². The van der Waals surface area contributed by atoms with Crippen molar-refractivity contribution in [3.8, 4) is 0 Å². The molecule has 0 radical (unpaired) electrons. The lowest BCUT2D eigenvalue weighted by Gasteiger charge is -2.13. The van der Waals surface area contributed by atoms with Crippen molar-refractivity contribution in [3.63, 3.8) is 0 Å². The molecular weight excluding hydrogens is 266 g/mol. The van der Waals surface area contributed by atoms with Gasteiger partial charge in [0, 0.05) is 18.3 Å². The molecule has 0 saturated carbocycles. The lowest BCUT2D eigenvalue weighted by Crippen LogP contribution is -2.27. The average molecular weight is 283 g/mol. The van der Waals surface area contributed by atoms with Crippen molar-refractivity contribution in [2.75, 3.05) is 12.4 Å². The molecule has 1 atom stereocenters. The second-order valence-electron chi connectivity index (χ2n) is 4.54. The quantitative estimate of drug-likeness (QED) is 0.798. The predicted octanol–water partition coefficient (Wildman–Crippen LogP) is 1.68. The highest BCUT2D eigenvalue weighted by Crippen LogP contribution is 2.15. The van der Waals surface area contributed by atoms with Crippen LogP contribution in [0.4, 0.5) is 5.69 Å². The molecule has 0 spiro atoms. The van der Waals surface area contributed by atoms with Gasteiger partial charge in [-0.2, -0.15) is 0 Å². The molecule has 108 valence electrons. The summed E-state index contributed by atoms with van der Waals surface area (Å²) in [5.41, 5.74) is 7.66. The van der Waals surface area contributed by atoms with Gasteiger partial charge in [0.2, 0.25) is 5.91 Å². The van der Waals surface area contributed by atoms with Crippen LogP contribution in [0.15, 0.2) is 54.6 Å². The highest BCUT2D eigenvalue weighted by Gasteiger charge is 2.15. The van der Waals surface area contributed by atoms with Gasteiger partial charge >= 0.3 is 0 Å². The first-order chi connectivity index (χ1) is 10.1. The minimum atomic E-state index is -0.755. The van der Waals surface area contributed by atoms with Crippen molar-refractivity contribution in [2.45, 2.75) is 6.04 Å². The molecule has 0 heterocycles. The zero-order chi connectivity index (χ0) is 15.2. The van der Waals surface area contributed by atoms with E-state index in [9.17, 15) is 9.59 Å². The van der Waals surface area contributed by atoms with E-state index in [1.54, 1.807) is 43.4 Å². The van der Waals surface area contributed by atoms with Gasteiger partial charge in [-0.1, -0.05) is 36.4 Å². The van der Waals surface area contributed by atoms with Crippen LogP contribution in [-0.2, 0) is 4.79 Å². The van der Waals surface area contributed by atoms with Gasteiger partial charge in [-0.15, -0.1) is 0 Å². The molecule has 2 amide bonds. The minimum Gasteiger partial charge on any atom is -0.355 e. The predicted molar refractivity (Wildman–Crippen MR) is 81.8 cm³/mol. The number of anilines is 1. The highest BCUT2D eigenvalue weighted by atomic mass is 16.2. The number of carbonyl (C=O) groups is 2. The average Bonchev–Trinajstić information content (AvgIpc) is 2.54. The van der Waals surface area contributed by atoms with Gasteiger partial charge in [0.25, 0.3) is 5.91 Å². The summed E-state index contributed by atoms with van der Waals surface area (Å²) in [6, 6.07) is 15.0. The Hall–Kier alpha value is -2.66. The lowest BCUT2D eigenvalue weighted by molar-refractivity contribution is -0.117. The molecule has 0 aliphatic rings. The Labute approximate surface area is 123 Å². The van der Waals surface area contributed by atoms with Crippen LogP contribution in [0.1, 0.15) is 22.0 Å². The maximum atomic E-state index is 12.1. The van der Waals surface area contributed by atoms with E-state index in [0.29, 0.717) is 11.3 Å². The number of hydrogen-bond donors (Lipinski definition) is 3. The van der Waals surface area contributed by atoms with Gasteiger partial charge in [-0.3, -0.25) is 9.59 Å². The standard InChI is InChI=1S/C16H17N3O2/c1-18-15(20)12-8-5-9-13(10-12)19-16(21)14(17)11-6-3-2-4-7-11/h2-10,14H,17H2,1H3,(H,18,20)(H,19,21)/t14-/m1/s1. The first kappa shape index (κ1) is 14.7. The van der Waals surface area contributed by atoms with E-state index in [1.807, 2.05) is 18.2 Å². The van der Waals surface area contributed by atoms with Crippen molar-refractivity contribution >= 4 is 17.5 Å². The Balaban J connectivity index is 2.11. The Kier molecular flexibility index (Phi) is 4.68. The fourth-order valence-electron chi connectivity index (χ4n) is 1.91. The molecule has 4 N–H and O–H groups in total. The summed E-state index contributed by atoms with van der Waals surface area (Å²) in [6.45, 7) is 0. The zero-order valence-corrected chi connectivity index (χ0v) is 11.7. The van der Waals surface area contributed by atoms with E-state index in [1.165, 1.54) is 0 Å². The van der Waals surface area contributed by atoms with E-state index in [2.05, 4.69) is 10.6 Å². The van der Waals surface area contributed by atoms with Crippen molar-refractivity contribution in [2.24, 2.45) is 5.73 Å². The highest BCUT2D eigenvalue weighted by molar-refractivity contribution is 5.98. The third-order valence-corrected chi connectivity index (χ3v) is 3.06. The smallest absolute Gasteiger partial charge is 0.251 e. The summed E-state index contributed by atoms with van der Waals surface area (Å²) in [5.74, 6) is -0.534. The molecular formula is C16H17N3O2. The summed E-state index contributed by atoms with van der Waals surface area (Å²) < 4.78 is 0. The number of carbonyl (C=O) groups excluding carboxylic acids is 2. The number of nitrogens with two attached hydrogens (primary N) is 1. The normalized spacial score (nSPS) is 11.5. The van der Waals surface area contributed by atoms with E-state index in [0.717, 1.165) is 5.56 Å². The second kappa shape index (κ2) is 6.67. The Morgan fingerprint density at radius 3 is 2.43 bits per heavy atom. The molecule has 0 bridgehead atoms. The Morgan fingerprint density at radius 1 is 1.05 bits per heavy atom. The number of nitrogens with one attached hydrogen (secondary N) is 2. The van der Waals surface area contributed by atoms with Crippen LogP contribution in [0, 0.1) is 0 Å². The van der Waals surface area contributed by atoms with Crippen LogP contribution in [0.2, 0.25) is 0 Å². The van der Waals surface area contributed by atoms with Crippen molar-refractivity contribution in [1.82, 2.24) is 5.32 Å². The van der Waals surface area contributed by atoms with Crippen molar-refractivity contribution < 1.29 is 9.59 Å². The molecule has 2 aromatic carbocycles. The molecule has 0 unspecified atom stereocenters. The number of hydrogen-bond acceptors (Lipinski definition) is 3. The molecule has 21 heavy (non-hydrogen) atoms. The lowest BCUT2D eigenvalue weighted by atomic mass is 10.1. The van der Waals surface area contributed by atoms with E-state index in [4.69, 9.17) is 5.73 Å². The fraction of sp³-hybridized carbons (Fsp3) is 0.125. The summed E-state index contributed by atoms with van der Waals surface area (Å²) in [5, 5.41) is 5.25. The van der Waals surface area contributed by atoms with Crippen LogP contribution in [0.5, 0.6) is 0 Å². The zero-order valence-electron chi connectivity index (χ0n) is 11.7. The molecule has 2 rings (SSSR count). The van der Waals surface area contributed by atoms with Crippen molar-refractivity contribution in [1.29, 1.82) is 0 Å². The molecule has 0 fully saturated rings. The number of rotatable bonds is 4. The fourth-order valence-corrected chi connectivity index (χ4v) is 1.91. The number of amides is 2. The molecule has 0 aliphatic carbocycles.